The number of hydrogen-bond donors (Lipinski definition) is 1. The van der Waals surface area contributed by atoms with Crippen molar-refractivity contribution in [2.45, 2.75) is 36.8 Å². The summed E-state index contributed by atoms with van der Waals surface area (Å²) in [4.78, 5) is 18.1. The van der Waals surface area contributed by atoms with Gasteiger partial charge < -0.3 is 10.0 Å². The molecule has 1 aliphatic rings. The Morgan fingerprint density at radius 3 is 1.82 bits per heavy atom. The number of carbonyl (C=O) groups excluding carboxylic acids is 1. The molecule has 1 unspecified atom stereocenters. The molecule has 3 aromatic rings. The van der Waals surface area contributed by atoms with Gasteiger partial charge in [0.2, 0.25) is 5.91 Å². The number of aliphatic hydroxyl groups is 1. The third-order valence-corrected chi connectivity index (χ3v) is 7.63. The van der Waals surface area contributed by atoms with Crippen molar-refractivity contribution in [2.75, 3.05) is 27.2 Å². The molecule has 4 rings (SSSR count). The SMILES string of the molecule is CC(N1CCC(O)(c2ccc(Cl)cc2)CC1)C(C(=O)N(C)C)(c1ccccc1)c1ccccc1. The fourth-order valence-corrected chi connectivity index (χ4v) is 5.56. The van der Waals surface area contributed by atoms with Gasteiger partial charge in [0.05, 0.1) is 5.60 Å². The zero-order valence-corrected chi connectivity index (χ0v) is 20.9. The van der Waals surface area contributed by atoms with Gasteiger partial charge in [-0.25, -0.2) is 0 Å². The van der Waals surface area contributed by atoms with Gasteiger partial charge >= 0.3 is 0 Å². The van der Waals surface area contributed by atoms with Gasteiger partial charge in [0.25, 0.3) is 0 Å². The summed E-state index contributed by atoms with van der Waals surface area (Å²) in [7, 11) is 3.65. The van der Waals surface area contributed by atoms with Gasteiger partial charge in [-0.2, -0.15) is 0 Å². The third kappa shape index (κ3) is 4.38. The monoisotopic (exact) mass is 476 g/mol. The molecule has 0 spiro atoms. The van der Waals surface area contributed by atoms with Crippen LogP contribution >= 0.6 is 11.6 Å². The number of benzene rings is 3. The maximum atomic E-state index is 14.1. The maximum absolute atomic E-state index is 14.1. The lowest BCUT2D eigenvalue weighted by atomic mass is 9.67. The minimum absolute atomic E-state index is 0.0518. The van der Waals surface area contributed by atoms with Crippen LogP contribution in [0.1, 0.15) is 36.5 Å². The highest BCUT2D eigenvalue weighted by Crippen LogP contribution is 2.42. The second-order valence-electron chi connectivity index (χ2n) is 9.49. The van der Waals surface area contributed by atoms with Crippen molar-refractivity contribution in [1.82, 2.24) is 9.80 Å². The molecule has 178 valence electrons. The van der Waals surface area contributed by atoms with E-state index < -0.39 is 11.0 Å². The zero-order chi connectivity index (χ0) is 24.3. The van der Waals surface area contributed by atoms with E-state index in [-0.39, 0.29) is 11.9 Å². The van der Waals surface area contributed by atoms with E-state index in [1.807, 2.05) is 74.8 Å². The molecule has 0 aromatic heterocycles. The van der Waals surface area contributed by atoms with Gasteiger partial charge in [0.15, 0.2) is 0 Å². The summed E-state index contributed by atoms with van der Waals surface area (Å²) in [5.41, 5.74) is 1.08. The Bertz CT molecular complexity index is 1050. The molecular weight excluding hydrogens is 444 g/mol. The van der Waals surface area contributed by atoms with Crippen LogP contribution in [0, 0.1) is 0 Å². The second-order valence-corrected chi connectivity index (χ2v) is 9.93. The molecule has 1 N–H and O–H groups in total. The summed E-state index contributed by atoms with van der Waals surface area (Å²) in [6, 6.07) is 27.5. The number of likely N-dealkylation sites (N-methyl/N-ethyl adjacent to an activating group) is 1. The summed E-state index contributed by atoms with van der Waals surface area (Å²) in [6.07, 6.45) is 1.18. The first kappa shape index (κ1) is 24.5. The molecule has 1 heterocycles. The van der Waals surface area contributed by atoms with Gasteiger partial charge in [-0.3, -0.25) is 9.69 Å². The van der Waals surface area contributed by atoms with Crippen LogP contribution in [0.15, 0.2) is 84.9 Å². The molecule has 1 aliphatic heterocycles. The van der Waals surface area contributed by atoms with Gasteiger partial charge in [-0.1, -0.05) is 84.4 Å². The number of carbonyl (C=O) groups is 1. The highest BCUT2D eigenvalue weighted by atomic mass is 35.5. The van der Waals surface area contributed by atoms with E-state index in [1.54, 1.807) is 4.90 Å². The van der Waals surface area contributed by atoms with Crippen molar-refractivity contribution in [3.8, 4) is 0 Å². The molecule has 3 aromatic carbocycles. The summed E-state index contributed by atoms with van der Waals surface area (Å²) >= 11 is 6.06. The Hall–Kier alpha value is -2.66. The highest BCUT2D eigenvalue weighted by Gasteiger charge is 2.50. The van der Waals surface area contributed by atoms with E-state index in [4.69, 9.17) is 11.6 Å². The molecule has 5 heteroatoms. The topological polar surface area (TPSA) is 43.8 Å². The first-order valence-corrected chi connectivity index (χ1v) is 12.2. The lowest BCUT2D eigenvalue weighted by Gasteiger charge is -2.48. The number of nitrogens with zero attached hydrogens (tertiary/aromatic N) is 2. The van der Waals surface area contributed by atoms with Crippen LogP contribution in [0.3, 0.4) is 0 Å². The minimum Gasteiger partial charge on any atom is -0.385 e. The highest BCUT2D eigenvalue weighted by molar-refractivity contribution is 6.30. The quantitative estimate of drug-likeness (QED) is 0.539. The average molecular weight is 477 g/mol. The number of piperidine rings is 1. The van der Waals surface area contributed by atoms with Crippen molar-refractivity contribution < 1.29 is 9.90 Å². The van der Waals surface area contributed by atoms with Crippen molar-refractivity contribution in [3.63, 3.8) is 0 Å². The smallest absolute Gasteiger partial charge is 0.238 e. The van der Waals surface area contributed by atoms with Crippen molar-refractivity contribution in [2.24, 2.45) is 0 Å². The Kier molecular flexibility index (Phi) is 7.13. The molecule has 1 fully saturated rings. The van der Waals surface area contributed by atoms with Gasteiger partial charge in [0, 0.05) is 38.2 Å². The van der Waals surface area contributed by atoms with Gasteiger partial charge in [0.1, 0.15) is 5.41 Å². The predicted molar refractivity (Wildman–Crippen MR) is 138 cm³/mol. The molecule has 4 nitrogen and oxygen atoms in total. The molecule has 0 radical (unpaired) electrons. The van der Waals surface area contributed by atoms with Crippen LogP contribution in [0.2, 0.25) is 5.02 Å². The lowest BCUT2D eigenvalue weighted by Crippen LogP contribution is -2.60. The fourth-order valence-electron chi connectivity index (χ4n) is 5.43. The van der Waals surface area contributed by atoms with E-state index in [0.29, 0.717) is 31.0 Å². The standard InChI is InChI=1S/C29H33ClN2O2/c1-22(32-20-18-28(34,19-21-32)23-14-16-26(30)17-15-23)29(27(33)31(2)3,24-10-6-4-7-11-24)25-12-8-5-9-13-25/h4-17,22,34H,18-21H2,1-3H3. The predicted octanol–water partition coefficient (Wildman–Crippen LogP) is 5.09. The normalized spacial score (nSPS) is 17.2. The van der Waals surface area contributed by atoms with E-state index in [9.17, 15) is 9.90 Å². The Morgan fingerprint density at radius 2 is 1.38 bits per heavy atom. The van der Waals surface area contributed by atoms with Crippen LogP contribution in [-0.2, 0) is 15.8 Å². The van der Waals surface area contributed by atoms with Gasteiger partial charge in [-0.05, 0) is 48.6 Å². The van der Waals surface area contributed by atoms with E-state index in [2.05, 4.69) is 36.1 Å². The van der Waals surface area contributed by atoms with Crippen LogP contribution in [-0.4, -0.2) is 54.0 Å². The largest absolute Gasteiger partial charge is 0.385 e. The fraction of sp³-hybridized carbons (Fsp3) is 0.345. The maximum Gasteiger partial charge on any atom is 0.238 e. The minimum atomic E-state index is -0.894. The van der Waals surface area contributed by atoms with Crippen LogP contribution in [0.25, 0.3) is 0 Å². The van der Waals surface area contributed by atoms with E-state index in [1.165, 1.54) is 0 Å². The molecule has 1 atom stereocenters. The molecule has 1 amide bonds. The first-order chi connectivity index (χ1) is 16.3. The average Bonchev–Trinajstić information content (AvgIpc) is 2.86. The number of amides is 1. The van der Waals surface area contributed by atoms with Crippen molar-refractivity contribution >= 4 is 17.5 Å². The van der Waals surface area contributed by atoms with E-state index in [0.717, 1.165) is 16.7 Å². The molecule has 0 aliphatic carbocycles. The lowest BCUT2D eigenvalue weighted by molar-refractivity contribution is -0.136. The van der Waals surface area contributed by atoms with Crippen molar-refractivity contribution in [1.29, 1.82) is 0 Å². The molecule has 0 saturated carbocycles. The summed E-state index contributed by atoms with van der Waals surface area (Å²) < 4.78 is 0. The Labute approximate surface area is 207 Å². The van der Waals surface area contributed by atoms with Crippen LogP contribution in [0.4, 0.5) is 0 Å². The van der Waals surface area contributed by atoms with E-state index >= 15 is 0 Å². The van der Waals surface area contributed by atoms with Crippen molar-refractivity contribution in [3.05, 3.63) is 107 Å². The summed E-state index contributed by atoms with van der Waals surface area (Å²) in [6.45, 7) is 3.51. The Balaban J connectivity index is 1.73. The summed E-state index contributed by atoms with van der Waals surface area (Å²) in [5.74, 6) is 0.0518. The van der Waals surface area contributed by atoms with Crippen LogP contribution < -0.4 is 0 Å². The number of likely N-dealkylation sites (tertiary alicyclic amines) is 1. The third-order valence-electron chi connectivity index (χ3n) is 7.38. The number of hydrogen-bond acceptors (Lipinski definition) is 3. The Morgan fingerprint density at radius 1 is 0.912 bits per heavy atom. The zero-order valence-electron chi connectivity index (χ0n) is 20.1. The van der Waals surface area contributed by atoms with Gasteiger partial charge in [-0.15, -0.1) is 0 Å². The first-order valence-electron chi connectivity index (χ1n) is 11.8. The number of halogens is 1. The second kappa shape index (κ2) is 9.91. The summed E-state index contributed by atoms with van der Waals surface area (Å²) in [5, 5.41) is 12.1. The molecular formula is C29H33ClN2O2. The number of rotatable bonds is 6. The molecule has 34 heavy (non-hydrogen) atoms. The molecule has 0 bridgehead atoms. The molecule has 1 saturated heterocycles. The van der Waals surface area contributed by atoms with Crippen LogP contribution in [0.5, 0.6) is 0 Å².